The van der Waals surface area contributed by atoms with Gasteiger partial charge in [-0.15, -0.1) is 0 Å². The van der Waals surface area contributed by atoms with Crippen molar-refractivity contribution >= 4 is 12.2 Å². The van der Waals surface area contributed by atoms with Crippen LogP contribution >= 0.6 is 0 Å². The largest absolute Gasteiger partial charge is 0.480 e. The SMILES string of the molecule is C=CC(=C)CC/C=C(\C)C=N[C@@H](C)C(=O)O. The van der Waals surface area contributed by atoms with Crippen molar-refractivity contribution in [1.29, 1.82) is 0 Å². The van der Waals surface area contributed by atoms with Crippen LogP contribution in [-0.4, -0.2) is 23.3 Å². The minimum Gasteiger partial charge on any atom is -0.480 e. The van der Waals surface area contributed by atoms with Crippen LogP contribution in [0, 0.1) is 0 Å². The summed E-state index contributed by atoms with van der Waals surface area (Å²) in [5, 5.41) is 8.62. The Bertz CT molecular complexity index is 327. The van der Waals surface area contributed by atoms with Crippen molar-refractivity contribution in [1.82, 2.24) is 0 Å². The van der Waals surface area contributed by atoms with Gasteiger partial charge in [0.25, 0.3) is 0 Å². The Morgan fingerprint density at radius 1 is 1.56 bits per heavy atom. The second-order valence-electron chi connectivity index (χ2n) is 3.64. The van der Waals surface area contributed by atoms with E-state index in [1.165, 1.54) is 0 Å². The lowest BCUT2D eigenvalue weighted by Crippen LogP contribution is -2.13. The van der Waals surface area contributed by atoms with Gasteiger partial charge in [-0.25, -0.2) is 4.79 Å². The van der Waals surface area contributed by atoms with Crippen LogP contribution in [0.4, 0.5) is 0 Å². The maximum Gasteiger partial charge on any atom is 0.328 e. The van der Waals surface area contributed by atoms with Gasteiger partial charge in [0, 0.05) is 6.21 Å². The molecule has 0 fully saturated rings. The number of hydrogen-bond acceptors (Lipinski definition) is 2. The van der Waals surface area contributed by atoms with Crippen molar-refractivity contribution in [3.63, 3.8) is 0 Å². The van der Waals surface area contributed by atoms with Gasteiger partial charge in [0.15, 0.2) is 0 Å². The summed E-state index contributed by atoms with van der Waals surface area (Å²) in [6, 6.07) is -0.688. The maximum absolute atomic E-state index is 10.5. The molecule has 0 saturated heterocycles. The van der Waals surface area contributed by atoms with E-state index >= 15 is 0 Å². The zero-order chi connectivity index (χ0) is 12.6. The van der Waals surface area contributed by atoms with Crippen LogP contribution in [0.15, 0.2) is 41.4 Å². The fourth-order valence-electron chi connectivity index (χ4n) is 0.933. The Balaban J connectivity index is 4.09. The number of carbonyl (C=O) groups is 1. The molecular weight excluding hydrogens is 202 g/mol. The summed E-state index contributed by atoms with van der Waals surface area (Å²) in [6.45, 7) is 10.9. The lowest BCUT2D eigenvalue weighted by molar-refractivity contribution is -0.137. The molecule has 0 radical (unpaired) electrons. The number of allylic oxidation sites excluding steroid dienone is 4. The zero-order valence-electron chi connectivity index (χ0n) is 9.94. The zero-order valence-corrected chi connectivity index (χ0v) is 9.94. The number of carboxylic acids is 1. The molecule has 0 aromatic heterocycles. The molecule has 0 aliphatic carbocycles. The van der Waals surface area contributed by atoms with Crippen molar-refractivity contribution in [2.45, 2.75) is 32.7 Å². The summed E-state index contributed by atoms with van der Waals surface area (Å²) in [5.41, 5.74) is 1.96. The van der Waals surface area contributed by atoms with Gasteiger partial charge < -0.3 is 5.11 Å². The molecule has 0 aromatic carbocycles. The van der Waals surface area contributed by atoms with Gasteiger partial charge in [-0.2, -0.15) is 0 Å². The van der Waals surface area contributed by atoms with Crippen molar-refractivity contribution in [2.24, 2.45) is 4.99 Å². The van der Waals surface area contributed by atoms with E-state index in [1.54, 1.807) is 19.2 Å². The molecule has 3 heteroatoms. The normalized spacial score (nSPS) is 13.8. The molecule has 16 heavy (non-hydrogen) atoms. The molecule has 0 aliphatic rings. The Morgan fingerprint density at radius 2 is 2.19 bits per heavy atom. The van der Waals surface area contributed by atoms with E-state index in [-0.39, 0.29) is 0 Å². The maximum atomic E-state index is 10.5. The second kappa shape index (κ2) is 7.63. The molecule has 0 unspecified atom stereocenters. The molecule has 0 aromatic rings. The molecule has 88 valence electrons. The minimum absolute atomic E-state index is 0.688. The van der Waals surface area contributed by atoms with E-state index in [0.29, 0.717) is 0 Å². The highest BCUT2D eigenvalue weighted by molar-refractivity contribution is 5.81. The highest BCUT2D eigenvalue weighted by atomic mass is 16.4. The molecule has 1 N–H and O–H groups in total. The van der Waals surface area contributed by atoms with Gasteiger partial charge in [-0.1, -0.05) is 30.9 Å². The number of rotatable bonds is 7. The first-order chi connectivity index (χ1) is 7.47. The smallest absolute Gasteiger partial charge is 0.328 e. The third kappa shape index (κ3) is 6.76. The summed E-state index contributed by atoms with van der Waals surface area (Å²) in [4.78, 5) is 14.4. The first-order valence-corrected chi connectivity index (χ1v) is 5.20. The summed E-state index contributed by atoms with van der Waals surface area (Å²) in [6.07, 6.45) is 7.07. The van der Waals surface area contributed by atoms with E-state index in [9.17, 15) is 4.79 Å². The van der Waals surface area contributed by atoms with E-state index in [1.807, 2.05) is 13.0 Å². The predicted molar refractivity (Wildman–Crippen MR) is 67.9 cm³/mol. The Morgan fingerprint density at radius 3 is 2.69 bits per heavy atom. The summed E-state index contributed by atoms with van der Waals surface area (Å²) < 4.78 is 0. The quantitative estimate of drug-likeness (QED) is 0.530. The number of aliphatic imine (C=N–C) groups is 1. The van der Waals surface area contributed by atoms with Gasteiger partial charge >= 0.3 is 5.97 Å². The van der Waals surface area contributed by atoms with Crippen molar-refractivity contribution < 1.29 is 9.90 Å². The predicted octanol–water partition coefficient (Wildman–Crippen LogP) is 3.00. The number of carboxylic acid groups (broad SMARTS) is 1. The fraction of sp³-hybridized carbons (Fsp3) is 0.385. The van der Waals surface area contributed by atoms with E-state index in [4.69, 9.17) is 5.11 Å². The molecule has 0 rings (SSSR count). The van der Waals surface area contributed by atoms with Crippen LogP contribution in [0.3, 0.4) is 0 Å². The number of aliphatic carboxylic acids is 1. The van der Waals surface area contributed by atoms with Crippen LogP contribution in [-0.2, 0) is 4.79 Å². The number of hydrogen-bond donors (Lipinski definition) is 1. The molecule has 0 bridgehead atoms. The van der Waals surface area contributed by atoms with Gasteiger partial charge in [0.1, 0.15) is 6.04 Å². The summed E-state index contributed by atoms with van der Waals surface area (Å²) >= 11 is 0. The molecule has 0 saturated carbocycles. The lowest BCUT2D eigenvalue weighted by atomic mass is 10.1. The van der Waals surface area contributed by atoms with Gasteiger partial charge in [-0.05, 0) is 32.3 Å². The van der Waals surface area contributed by atoms with E-state index in [2.05, 4.69) is 18.2 Å². The second-order valence-corrected chi connectivity index (χ2v) is 3.64. The minimum atomic E-state index is -0.913. The van der Waals surface area contributed by atoms with Gasteiger partial charge in [-0.3, -0.25) is 4.99 Å². The highest BCUT2D eigenvalue weighted by Crippen LogP contribution is 2.05. The van der Waals surface area contributed by atoms with Crippen molar-refractivity contribution in [2.75, 3.05) is 0 Å². The third-order valence-electron chi connectivity index (χ3n) is 2.08. The Labute approximate surface area is 96.9 Å². The molecule has 0 aliphatic heterocycles. The van der Waals surface area contributed by atoms with Crippen LogP contribution < -0.4 is 0 Å². The monoisotopic (exact) mass is 221 g/mol. The average molecular weight is 221 g/mol. The Kier molecular flexibility index (Phi) is 6.84. The third-order valence-corrected chi connectivity index (χ3v) is 2.08. The molecular formula is C13H19NO2. The first kappa shape index (κ1) is 14.4. The van der Waals surface area contributed by atoms with Gasteiger partial charge in [0.05, 0.1) is 0 Å². The number of nitrogens with zero attached hydrogens (tertiary/aromatic N) is 1. The van der Waals surface area contributed by atoms with E-state index < -0.39 is 12.0 Å². The average Bonchev–Trinajstić information content (AvgIpc) is 2.25. The van der Waals surface area contributed by atoms with Crippen LogP contribution in [0.5, 0.6) is 0 Å². The molecule has 3 nitrogen and oxygen atoms in total. The standard InChI is InChI=1S/C13H19NO2/c1-5-10(2)7-6-8-11(3)9-14-12(4)13(15)16/h5,8-9,12H,1-2,6-7H2,3-4H3,(H,15,16)/b11-8+,14-9?/t12-/m0/s1. The van der Waals surface area contributed by atoms with E-state index in [0.717, 1.165) is 24.0 Å². The summed E-state index contributed by atoms with van der Waals surface area (Å²) in [7, 11) is 0. The van der Waals surface area contributed by atoms with Crippen LogP contribution in [0.1, 0.15) is 26.7 Å². The topological polar surface area (TPSA) is 49.7 Å². The lowest BCUT2D eigenvalue weighted by Gasteiger charge is -1.99. The fourth-order valence-corrected chi connectivity index (χ4v) is 0.933. The summed E-state index contributed by atoms with van der Waals surface area (Å²) in [5.74, 6) is -0.913. The molecule has 0 spiro atoms. The first-order valence-electron chi connectivity index (χ1n) is 5.20. The molecule has 0 amide bonds. The van der Waals surface area contributed by atoms with Gasteiger partial charge in [0.2, 0.25) is 0 Å². The Hall–Kier alpha value is -1.64. The van der Waals surface area contributed by atoms with Crippen LogP contribution in [0.25, 0.3) is 0 Å². The van der Waals surface area contributed by atoms with Crippen molar-refractivity contribution in [3.05, 3.63) is 36.5 Å². The highest BCUT2D eigenvalue weighted by Gasteiger charge is 2.05. The molecule has 1 atom stereocenters. The molecule has 0 heterocycles. The van der Waals surface area contributed by atoms with Crippen LogP contribution in [0.2, 0.25) is 0 Å². The van der Waals surface area contributed by atoms with Crippen molar-refractivity contribution in [3.8, 4) is 0 Å².